The van der Waals surface area contributed by atoms with Crippen molar-refractivity contribution >= 4 is 85.5 Å². The van der Waals surface area contributed by atoms with E-state index in [-0.39, 0.29) is 0 Å². The van der Waals surface area contributed by atoms with E-state index in [1.165, 1.54) is 38.7 Å². The molecule has 2 unspecified atom stereocenters. The minimum atomic E-state index is 0.507. The van der Waals surface area contributed by atoms with Gasteiger partial charge in [0.15, 0.2) is 0 Å². The molecular formula is C68H60N4. The lowest BCUT2D eigenvalue weighted by Crippen LogP contribution is -2.17. The highest BCUT2D eigenvalue weighted by molar-refractivity contribution is 5.89. The van der Waals surface area contributed by atoms with Gasteiger partial charge < -0.3 is 19.6 Å². The molecule has 2 aliphatic carbocycles. The molecule has 2 aliphatic rings. The van der Waals surface area contributed by atoms with Gasteiger partial charge in [0.1, 0.15) is 0 Å². The van der Waals surface area contributed by atoms with Crippen LogP contribution >= 0.6 is 0 Å². The third kappa shape index (κ3) is 9.52. The Balaban J connectivity index is 1.01. The zero-order valence-electron chi connectivity index (χ0n) is 41.6. The van der Waals surface area contributed by atoms with Crippen molar-refractivity contribution in [2.45, 2.75) is 40.5 Å². The maximum Gasteiger partial charge on any atom is 0.0467 e. The van der Waals surface area contributed by atoms with Gasteiger partial charge in [-0.1, -0.05) is 129 Å². The van der Waals surface area contributed by atoms with Crippen LogP contribution in [0.25, 0.3) is 22.9 Å². The topological polar surface area (TPSA) is 13.0 Å². The van der Waals surface area contributed by atoms with Gasteiger partial charge in [-0.05, 0) is 211 Å². The first-order chi connectivity index (χ1) is 35.4. The number of rotatable bonds is 13. The second kappa shape index (κ2) is 20.4. The predicted octanol–water partition coefficient (Wildman–Crippen LogP) is 19.4. The molecule has 0 amide bonds. The van der Waals surface area contributed by atoms with Crippen LogP contribution in [0.4, 0.5) is 62.6 Å². The molecule has 0 spiro atoms. The van der Waals surface area contributed by atoms with Gasteiger partial charge >= 0.3 is 0 Å². The maximum absolute atomic E-state index is 2.40. The lowest BCUT2D eigenvalue weighted by atomic mass is 9.90. The highest BCUT2D eigenvalue weighted by atomic mass is 15.2. The molecule has 72 heavy (non-hydrogen) atoms. The first kappa shape index (κ1) is 45.8. The Morgan fingerprint density at radius 2 is 0.847 bits per heavy atom. The Hall–Kier alpha value is -8.60. The van der Waals surface area contributed by atoms with E-state index in [4.69, 9.17) is 0 Å². The number of anilines is 11. The molecule has 0 fully saturated rings. The van der Waals surface area contributed by atoms with Gasteiger partial charge in [-0.3, -0.25) is 0 Å². The van der Waals surface area contributed by atoms with Crippen molar-refractivity contribution in [3.8, 4) is 0 Å². The first-order valence-electron chi connectivity index (χ1n) is 25.4. The number of nitrogens with zero attached hydrogens (tertiary/aromatic N) is 4. The molecule has 9 aromatic carbocycles. The van der Waals surface area contributed by atoms with Gasteiger partial charge in [-0.2, -0.15) is 0 Å². The minimum Gasteiger partial charge on any atom is -0.311 e. The van der Waals surface area contributed by atoms with Gasteiger partial charge in [0.2, 0.25) is 0 Å². The average molecular weight is 933 g/mol. The lowest BCUT2D eigenvalue weighted by Gasteiger charge is -2.31. The summed E-state index contributed by atoms with van der Waals surface area (Å²) in [5.74, 6) is 1.05. The van der Waals surface area contributed by atoms with Gasteiger partial charge in [-0.15, -0.1) is 0 Å². The van der Waals surface area contributed by atoms with E-state index in [1.54, 1.807) is 0 Å². The minimum absolute atomic E-state index is 0.507. The number of aryl methyl sites for hydroxylation is 1. The van der Waals surface area contributed by atoms with E-state index in [2.05, 4.69) is 302 Å². The fraction of sp³-hybridized carbons (Fsp3) is 0.118. The van der Waals surface area contributed by atoms with E-state index in [0.29, 0.717) is 11.8 Å². The molecule has 0 bridgehead atoms. The van der Waals surface area contributed by atoms with Crippen molar-refractivity contribution in [1.82, 2.24) is 0 Å². The fourth-order valence-corrected chi connectivity index (χ4v) is 10.3. The molecule has 2 atom stereocenters. The Morgan fingerprint density at radius 1 is 0.403 bits per heavy atom. The SMILES string of the molecule is C/C=C\c1ccc(N(c2ccccc2)c2ccc(N(c3ccc(N(C4=CCC(C)C=C4)c4ccc5ccccc5c4)cc3)c3ccc(N(c4ccccc4)c4ccc5c(c4)C=CC(C)C5)cc3)cc2)cc1C. The number of para-hydroxylation sites is 2. The molecule has 9 aromatic rings. The Morgan fingerprint density at radius 3 is 1.39 bits per heavy atom. The van der Waals surface area contributed by atoms with Crippen molar-refractivity contribution in [3.63, 3.8) is 0 Å². The van der Waals surface area contributed by atoms with E-state index >= 15 is 0 Å². The van der Waals surface area contributed by atoms with E-state index < -0.39 is 0 Å². The molecule has 0 saturated carbocycles. The van der Waals surface area contributed by atoms with Crippen molar-refractivity contribution in [2.24, 2.45) is 11.8 Å². The zero-order chi connectivity index (χ0) is 49.0. The molecule has 0 aromatic heterocycles. The zero-order valence-corrected chi connectivity index (χ0v) is 41.6. The number of benzene rings is 9. The Kier molecular flexibility index (Phi) is 13.0. The van der Waals surface area contributed by atoms with Crippen LogP contribution in [0.2, 0.25) is 0 Å². The van der Waals surface area contributed by atoms with Crippen molar-refractivity contribution in [1.29, 1.82) is 0 Å². The Labute approximate surface area is 426 Å². The van der Waals surface area contributed by atoms with Gasteiger partial charge in [-0.25, -0.2) is 0 Å². The van der Waals surface area contributed by atoms with Gasteiger partial charge in [0.25, 0.3) is 0 Å². The van der Waals surface area contributed by atoms with Crippen molar-refractivity contribution in [2.75, 3.05) is 19.6 Å². The van der Waals surface area contributed by atoms with Crippen LogP contribution < -0.4 is 19.6 Å². The average Bonchev–Trinajstić information content (AvgIpc) is 3.42. The van der Waals surface area contributed by atoms with Crippen LogP contribution in [-0.4, -0.2) is 0 Å². The fourth-order valence-electron chi connectivity index (χ4n) is 10.3. The smallest absolute Gasteiger partial charge is 0.0467 e. The standard InChI is InChI=1S/C68H60N4/c1-5-14-52-25-30-66(46-51(52)4)70(57-17-8-6-9-18-57)63-39-33-60(34-40-63)69(61-35-41-64(42-36-61)71(58-19-10-7-11-20-58)68-32-27-55-45-50(3)21-24-56(55)48-68)62-37-43-65(44-38-62)72(59-28-22-49(2)23-29-59)67-31-26-53-15-12-13-16-54(53)47-67/h5-22,24-44,46-50H,23,45H2,1-4H3/b14-5-. The van der Waals surface area contributed by atoms with E-state index in [9.17, 15) is 0 Å². The summed E-state index contributed by atoms with van der Waals surface area (Å²) < 4.78 is 0. The molecule has 0 heterocycles. The van der Waals surface area contributed by atoms with Crippen LogP contribution in [-0.2, 0) is 6.42 Å². The third-order valence-corrected chi connectivity index (χ3v) is 14.1. The van der Waals surface area contributed by atoms with Crippen LogP contribution in [0.3, 0.4) is 0 Å². The summed E-state index contributed by atoms with van der Waals surface area (Å²) in [4.78, 5) is 9.48. The molecule has 0 aliphatic heterocycles. The largest absolute Gasteiger partial charge is 0.311 e. The summed E-state index contributed by atoms with van der Waals surface area (Å²) >= 11 is 0. The second-order valence-corrected chi connectivity index (χ2v) is 19.3. The number of hydrogen-bond acceptors (Lipinski definition) is 4. The summed E-state index contributed by atoms with van der Waals surface area (Å²) in [7, 11) is 0. The molecular weight excluding hydrogens is 873 g/mol. The molecule has 0 radical (unpaired) electrons. The highest BCUT2D eigenvalue weighted by Crippen LogP contribution is 2.44. The molecule has 0 N–H and O–H groups in total. The van der Waals surface area contributed by atoms with Crippen molar-refractivity contribution in [3.05, 3.63) is 271 Å². The van der Waals surface area contributed by atoms with E-state index in [0.717, 1.165) is 75.4 Å². The highest BCUT2D eigenvalue weighted by Gasteiger charge is 2.22. The monoisotopic (exact) mass is 932 g/mol. The van der Waals surface area contributed by atoms with Crippen LogP contribution in [0, 0.1) is 18.8 Å². The molecule has 352 valence electrons. The molecule has 4 heteroatoms. The lowest BCUT2D eigenvalue weighted by molar-refractivity contribution is 0.717. The predicted molar refractivity (Wildman–Crippen MR) is 309 cm³/mol. The normalized spacial score (nSPS) is 15.0. The van der Waals surface area contributed by atoms with Crippen LogP contribution in [0.1, 0.15) is 49.4 Å². The van der Waals surface area contributed by atoms with Crippen LogP contribution in [0.15, 0.2) is 248 Å². The maximum atomic E-state index is 2.40. The molecule has 0 saturated heterocycles. The van der Waals surface area contributed by atoms with Crippen LogP contribution in [0.5, 0.6) is 0 Å². The second-order valence-electron chi connectivity index (χ2n) is 19.3. The van der Waals surface area contributed by atoms with E-state index in [1.807, 2.05) is 0 Å². The van der Waals surface area contributed by atoms with Gasteiger partial charge in [0.05, 0.1) is 0 Å². The number of allylic oxidation sites excluding steroid dienone is 5. The third-order valence-electron chi connectivity index (χ3n) is 14.1. The summed E-state index contributed by atoms with van der Waals surface area (Å²) in [5.41, 5.74) is 18.4. The number of fused-ring (bicyclic) bond motifs is 2. The summed E-state index contributed by atoms with van der Waals surface area (Å²) in [6.45, 7) is 8.82. The summed E-state index contributed by atoms with van der Waals surface area (Å²) in [6, 6.07) is 77.5. The van der Waals surface area contributed by atoms with Crippen molar-refractivity contribution < 1.29 is 0 Å². The molecule has 4 nitrogen and oxygen atoms in total. The summed E-state index contributed by atoms with van der Waals surface area (Å²) in [6.07, 6.45) is 17.9. The first-order valence-corrected chi connectivity index (χ1v) is 25.4. The van der Waals surface area contributed by atoms with Gasteiger partial charge in [0, 0.05) is 68.3 Å². The quantitative estimate of drug-likeness (QED) is 0.114. The molecule has 11 rings (SSSR count). The Bertz CT molecular complexity index is 3460. The summed E-state index contributed by atoms with van der Waals surface area (Å²) in [5, 5.41) is 2.45. The number of hydrogen-bond donors (Lipinski definition) is 0.